The second-order valence-electron chi connectivity index (χ2n) is 6.69. The summed E-state index contributed by atoms with van der Waals surface area (Å²) in [6, 6.07) is 6.00. The van der Waals surface area contributed by atoms with E-state index in [0.717, 1.165) is 38.0 Å². The van der Waals surface area contributed by atoms with E-state index >= 15 is 0 Å². The van der Waals surface area contributed by atoms with E-state index in [1.54, 1.807) is 13.8 Å². The summed E-state index contributed by atoms with van der Waals surface area (Å²) in [6.45, 7) is 4.81. The van der Waals surface area contributed by atoms with Gasteiger partial charge in [-0.1, -0.05) is 6.07 Å². The van der Waals surface area contributed by atoms with Crippen molar-refractivity contribution in [3.8, 4) is 5.75 Å². The average molecular weight is 339 g/mol. The maximum atomic E-state index is 12.0. The topological polar surface area (TPSA) is 64.6 Å². The van der Waals surface area contributed by atoms with Gasteiger partial charge in [0.15, 0.2) is 0 Å². The smallest absolute Gasteiger partial charge is 0.214 e. The fraction of sp³-hybridized carbons (Fsp3) is 0.647. The molecule has 1 aliphatic carbocycles. The molecule has 0 saturated carbocycles. The van der Waals surface area contributed by atoms with Crippen LogP contribution in [0.2, 0.25) is 0 Å². The molecule has 2 aliphatic rings. The van der Waals surface area contributed by atoms with Gasteiger partial charge in [-0.15, -0.1) is 0 Å². The number of hydrogen-bond donors (Lipinski definition) is 1. The molecule has 1 N–H and O–H groups in total. The number of nitrogens with one attached hydrogen (secondary N) is 1. The van der Waals surface area contributed by atoms with Crippen LogP contribution in [0.4, 0.5) is 0 Å². The maximum Gasteiger partial charge on any atom is 0.214 e. The summed E-state index contributed by atoms with van der Waals surface area (Å²) in [5, 5.41) is -0.406. The minimum absolute atomic E-state index is 0.0502. The van der Waals surface area contributed by atoms with Crippen LogP contribution in [0.15, 0.2) is 18.2 Å². The summed E-state index contributed by atoms with van der Waals surface area (Å²) in [5.74, 6) is 0.839. The van der Waals surface area contributed by atoms with Gasteiger partial charge in [-0.3, -0.25) is 0 Å². The Hall–Kier alpha value is -1.11. The second kappa shape index (κ2) is 6.79. The molecular weight excluding hydrogens is 314 g/mol. The molecule has 0 amide bonds. The van der Waals surface area contributed by atoms with Crippen LogP contribution >= 0.6 is 0 Å². The summed E-state index contributed by atoms with van der Waals surface area (Å²) in [6.07, 6.45) is 3.83. The van der Waals surface area contributed by atoms with E-state index in [9.17, 15) is 8.42 Å². The van der Waals surface area contributed by atoms with Crippen molar-refractivity contribution in [3.05, 3.63) is 29.3 Å². The van der Waals surface area contributed by atoms with Crippen molar-refractivity contribution in [2.75, 3.05) is 13.2 Å². The first-order valence-corrected chi connectivity index (χ1v) is 9.86. The summed E-state index contributed by atoms with van der Waals surface area (Å²) < 4.78 is 38.2. The highest BCUT2D eigenvalue weighted by Gasteiger charge is 2.27. The van der Waals surface area contributed by atoms with Gasteiger partial charge in [-0.25, -0.2) is 13.1 Å². The fourth-order valence-electron chi connectivity index (χ4n) is 3.10. The molecule has 0 unspecified atom stereocenters. The lowest BCUT2D eigenvalue weighted by Crippen LogP contribution is -2.39. The zero-order valence-corrected chi connectivity index (χ0v) is 14.6. The average Bonchev–Trinajstić information content (AvgIpc) is 3.12. The number of sulfonamides is 1. The fourth-order valence-corrected chi connectivity index (χ4v) is 4.00. The Kier molecular flexibility index (Phi) is 4.94. The summed E-state index contributed by atoms with van der Waals surface area (Å²) in [5.41, 5.74) is 2.37. The molecule has 1 saturated heterocycles. The molecule has 23 heavy (non-hydrogen) atoms. The Balaban J connectivity index is 1.59. The standard InChI is InChI=1S/C17H25NO4S/c1-12(2)23(19,20)18-15-8-13-5-6-16(10-14(13)9-15)22-11-17-4-3-7-21-17/h5-6,10,12,15,17-18H,3-4,7-9,11H2,1-2H3/t15-,17+/m0/s1. The monoisotopic (exact) mass is 339 g/mol. The Bertz CT molecular complexity index is 651. The van der Waals surface area contributed by atoms with Crippen molar-refractivity contribution in [2.45, 2.75) is 56.9 Å². The van der Waals surface area contributed by atoms with Crippen molar-refractivity contribution in [2.24, 2.45) is 0 Å². The quantitative estimate of drug-likeness (QED) is 0.861. The van der Waals surface area contributed by atoms with E-state index in [4.69, 9.17) is 9.47 Å². The highest BCUT2D eigenvalue weighted by molar-refractivity contribution is 7.90. The molecular formula is C17H25NO4S. The Morgan fingerprint density at radius 1 is 1.30 bits per heavy atom. The molecule has 0 aromatic heterocycles. The summed E-state index contributed by atoms with van der Waals surface area (Å²) in [4.78, 5) is 0. The van der Waals surface area contributed by atoms with Gasteiger partial charge in [0.1, 0.15) is 12.4 Å². The number of fused-ring (bicyclic) bond motifs is 1. The lowest BCUT2D eigenvalue weighted by Gasteiger charge is -2.14. The van der Waals surface area contributed by atoms with Crippen molar-refractivity contribution >= 4 is 10.0 Å². The van der Waals surface area contributed by atoms with Crippen LogP contribution in [0.3, 0.4) is 0 Å². The van der Waals surface area contributed by atoms with E-state index in [2.05, 4.69) is 4.72 Å². The Labute approximate surface area is 138 Å². The zero-order chi connectivity index (χ0) is 16.4. The lowest BCUT2D eigenvalue weighted by molar-refractivity contribution is 0.0679. The molecule has 2 atom stereocenters. The van der Waals surface area contributed by atoms with Crippen LogP contribution < -0.4 is 9.46 Å². The van der Waals surface area contributed by atoms with E-state index in [1.807, 2.05) is 18.2 Å². The zero-order valence-electron chi connectivity index (χ0n) is 13.7. The highest BCUT2D eigenvalue weighted by Crippen LogP contribution is 2.27. The van der Waals surface area contributed by atoms with Crippen LogP contribution in [-0.4, -0.2) is 39.0 Å². The molecule has 6 heteroatoms. The van der Waals surface area contributed by atoms with Crippen LogP contribution in [0, 0.1) is 0 Å². The SMILES string of the molecule is CC(C)S(=O)(=O)N[C@H]1Cc2ccc(OC[C@H]3CCCO3)cc2C1. The van der Waals surface area contributed by atoms with Crippen molar-refractivity contribution in [3.63, 3.8) is 0 Å². The van der Waals surface area contributed by atoms with Gasteiger partial charge in [0.05, 0.1) is 11.4 Å². The van der Waals surface area contributed by atoms with Gasteiger partial charge in [0, 0.05) is 12.6 Å². The molecule has 1 aliphatic heterocycles. The third-order valence-corrected chi connectivity index (χ3v) is 6.42. The molecule has 5 nitrogen and oxygen atoms in total. The largest absolute Gasteiger partial charge is 0.491 e. The Morgan fingerprint density at radius 3 is 2.78 bits per heavy atom. The number of benzene rings is 1. The van der Waals surface area contributed by atoms with Gasteiger partial charge >= 0.3 is 0 Å². The van der Waals surface area contributed by atoms with E-state index < -0.39 is 15.3 Å². The second-order valence-corrected chi connectivity index (χ2v) is 8.96. The van der Waals surface area contributed by atoms with Crippen molar-refractivity contribution in [1.82, 2.24) is 4.72 Å². The minimum Gasteiger partial charge on any atom is -0.491 e. The predicted molar refractivity (Wildman–Crippen MR) is 89.3 cm³/mol. The van der Waals surface area contributed by atoms with Gasteiger partial charge in [-0.2, -0.15) is 0 Å². The third kappa shape index (κ3) is 4.05. The van der Waals surface area contributed by atoms with E-state index in [1.165, 1.54) is 11.1 Å². The third-order valence-electron chi connectivity index (χ3n) is 4.52. The molecule has 1 heterocycles. The minimum atomic E-state index is -3.23. The van der Waals surface area contributed by atoms with E-state index in [0.29, 0.717) is 6.61 Å². The van der Waals surface area contributed by atoms with Crippen LogP contribution in [0.5, 0.6) is 5.75 Å². The molecule has 0 spiro atoms. The molecule has 3 rings (SSSR count). The van der Waals surface area contributed by atoms with Crippen molar-refractivity contribution < 1.29 is 17.9 Å². The molecule has 1 aromatic rings. The van der Waals surface area contributed by atoms with Gasteiger partial charge in [0.2, 0.25) is 10.0 Å². The summed E-state index contributed by atoms with van der Waals surface area (Å²) >= 11 is 0. The number of ether oxygens (including phenoxy) is 2. The Morgan fingerprint density at radius 2 is 2.09 bits per heavy atom. The first kappa shape index (κ1) is 16.7. The van der Waals surface area contributed by atoms with Gasteiger partial charge in [0.25, 0.3) is 0 Å². The highest BCUT2D eigenvalue weighted by atomic mass is 32.2. The van der Waals surface area contributed by atoms with Crippen LogP contribution in [-0.2, 0) is 27.6 Å². The molecule has 0 radical (unpaired) electrons. The lowest BCUT2D eigenvalue weighted by atomic mass is 10.1. The van der Waals surface area contributed by atoms with Crippen LogP contribution in [0.25, 0.3) is 0 Å². The van der Waals surface area contributed by atoms with Crippen molar-refractivity contribution in [1.29, 1.82) is 0 Å². The van der Waals surface area contributed by atoms with Crippen LogP contribution in [0.1, 0.15) is 37.8 Å². The number of hydrogen-bond acceptors (Lipinski definition) is 4. The predicted octanol–water partition coefficient (Wildman–Crippen LogP) is 2.04. The first-order valence-electron chi connectivity index (χ1n) is 8.31. The molecule has 1 fully saturated rings. The molecule has 0 bridgehead atoms. The summed E-state index contributed by atoms with van der Waals surface area (Å²) in [7, 11) is -3.23. The van der Waals surface area contributed by atoms with Gasteiger partial charge in [-0.05, 0) is 62.8 Å². The molecule has 128 valence electrons. The normalized spacial score (nSPS) is 24.1. The first-order chi connectivity index (χ1) is 10.9. The van der Waals surface area contributed by atoms with E-state index in [-0.39, 0.29) is 12.1 Å². The maximum absolute atomic E-state index is 12.0. The number of rotatable bonds is 6. The molecule has 1 aromatic carbocycles. The van der Waals surface area contributed by atoms with Gasteiger partial charge < -0.3 is 9.47 Å².